The van der Waals surface area contributed by atoms with Crippen molar-refractivity contribution >= 4 is 6.09 Å². The number of hydrogen-bond acceptors (Lipinski definition) is 4. The summed E-state index contributed by atoms with van der Waals surface area (Å²) < 4.78 is 7.39. The van der Waals surface area contributed by atoms with Crippen LogP contribution < -0.4 is 0 Å². The van der Waals surface area contributed by atoms with Gasteiger partial charge in [0.1, 0.15) is 0 Å². The smallest absolute Gasteiger partial charge is 0.409 e. The van der Waals surface area contributed by atoms with Crippen LogP contribution in [0.15, 0.2) is 30.6 Å². The van der Waals surface area contributed by atoms with Gasteiger partial charge in [-0.05, 0) is 72.8 Å². The first kappa shape index (κ1) is 20.6. The maximum absolute atomic E-state index is 12.2. The SMILES string of the molecule is Cc1cnn(-c2ccc3c(c2)CC[C@H]3N2CC3(CCN(C(=O)OCC(C)C)CC3)C2)c1. The van der Waals surface area contributed by atoms with E-state index < -0.39 is 0 Å². The molecule has 6 nitrogen and oxygen atoms in total. The van der Waals surface area contributed by atoms with E-state index in [4.69, 9.17) is 4.74 Å². The molecular formula is C25H34N4O2. The van der Waals surface area contributed by atoms with Crippen LogP contribution in [0.5, 0.6) is 0 Å². The van der Waals surface area contributed by atoms with Gasteiger partial charge in [0.25, 0.3) is 0 Å². The maximum Gasteiger partial charge on any atom is 0.409 e. The summed E-state index contributed by atoms with van der Waals surface area (Å²) in [7, 11) is 0. The number of fused-ring (bicyclic) bond motifs is 1. The van der Waals surface area contributed by atoms with Crippen molar-refractivity contribution in [3.05, 3.63) is 47.3 Å². The fraction of sp³-hybridized carbons (Fsp3) is 0.600. The highest BCUT2D eigenvalue weighted by Crippen LogP contribution is 2.47. The van der Waals surface area contributed by atoms with Gasteiger partial charge in [-0.1, -0.05) is 19.9 Å². The summed E-state index contributed by atoms with van der Waals surface area (Å²) in [6, 6.07) is 7.39. The number of carbonyl (C=O) groups excluding carboxylic acids is 1. The van der Waals surface area contributed by atoms with Crippen LogP contribution in [0.2, 0.25) is 0 Å². The summed E-state index contributed by atoms with van der Waals surface area (Å²) in [5.74, 6) is 0.384. The van der Waals surface area contributed by atoms with Gasteiger partial charge in [-0.2, -0.15) is 5.10 Å². The van der Waals surface area contributed by atoms with Crippen LogP contribution in [0.25, 0.3) is 5.69 Å². The Labute approximate surface area is 185 Å². The molecule has 0 N–H and O–H groups in total. The molecule has 1 aromatic carbocycles. The van der Waals surface area contributed by atoms with Gasteiger partial charge in [-0.25, -0.2) is 9.48 Å². The molecule has 1 aliphatic carbocycles. The van der Waals surface area contributed by atoms with Crippen LogP contribution in [0.3, 0.4) is 0 Å². The van der Waals surface area contributed by atoms with Gasteiger partial charge < -0.3 is 9.64 Å². The van der Waals surface area contributed by atoms with Gasteiger partial charge in [-0.3, -0.25) is 4.90 Å². The predicted molar refractivity (Wildman–Crippen MR) is 120 cm³/mol. The molecule has 2 fully saturated rings. The molecule has 2 aromatic rings. The Morgan fingerprint density at radius 2 is 2.03 bits per heavy atom. The number of rotatable bonds is 4. The van der Waals surface area contributed by atoms with E-state index in [1.165, 1.54) is 23.1 Å². The lowest BCUT2D eigenvalue weighted by Crippen LogP contribution is -2.61. The summed E-state index contributed by atoms with van der Waals surface area (Å²) in [4.78, 5) is 16.8. The Hall–Kier alpha value is -2.34. The van der Waals surface area contributed by atoms with E-state index in [9.17, 15) is 4.79 Å². The first-order valence-electron chi connectivity index (χ1n) is 11.7. The van der Waals surface area contributed by atoms with Gasteiger partial charge in [0.05, 0.1) is 18.5 Å². The molecule has 2 aliphatic heterocycles. The molecule has 166 valence electrons. The second-order valence-corrected chi connectivity index (χ2v) is 10.3. The lowest BCUT2D eigenvalue weighted by molar-refractivity contribution is -0.0681. The van der Waals surface area contributed by atoms with E-state index in [-0.39, 0.29) is 6.09 Å². The molecule has 3 aliphatic rings. The third-order valence-electron chi connectivity index (χ3n) is 7.29. The van der Waals surface area contributed by atoms with Gasteiger partial charge >= 0.3 is 6.09 Å². The summed E-state index contributed by atoms with van der Waals surface area (Å²) in [6.45, 7) is 10.7. The molecule has 0 unspecified atom stereocenters. The molecule has 0 bridgehead atoms. The fourth-order valence-corrected chi connectivity index (χ4v) is 5.50. The van der Waals surface area contributed by atoms with Crippen molar-refractivity contribution in [1.82, 2.24) is 19.6 Å². The molecule has 1 aromatic heterocycles. The number of aryl methyl sites for hydroxylation is 2. The van der Waals surface area contributed by atoms with Gasteiger partial charge in [0.15, 0.2) is 0 Å². The molecule has 31 heavy (non-hydrogen) atoms. The van der Waals surface area contributed by atoms with Crippen LogP contribution in [-0.2, 0) is 11.2 Å². The molecule has 0 saturated carbocycles. The van der Waals surface area contributed by atoms with Crippen LogP contribution in [-0.4, -0.2) is 58.5 Å². The Bertz CT molecular complexity index is 950. The number of amides is 1. The zero-order chi connectivity index (χ0) is 21.6. The Balaban J connectivity index is 1.17. The molecule has 3 heterocycles. The topological polar surface area (TPSA) is 50.6 Å². The van der Waals surface area contributed by atoms with E-state index in [0.29, 0.717) is 24.0 Å². The highest BCUT2D eigenvalue weighted by Gasteiger charge is 2.48. The number of likely N-dealkylation sites (tertiary alicyclic amines) is 2. The third kappa shape index (κ3) is 3.98. The number of carbonyl (C=O) groups is 1. The zero-order valence-corrected chi connectivity index (χ0v) is 19.0. The lowest BCUT2D eigenvalue weighted by Gasteiger charge is -2.56. The van der Waals surface area contributed by atoms with Crippen molar-refractivity contribution in [2.45, 2.75) is 52.5 Å². The van der Waals surface area contributed by atoms with Crippen molar-refractivity contribution in [2.24, 2.45) is 11.3 Å². The lowest BCUT2D eigenvalue weighted by atomic mass is 9.71. The number of aromatic nitrogens is 2. The van der Waals surface area contributed by atoms with E-state index in [0.717, 1.165) is 51.1 Å². The van der Waals surface area contributed by atoms with Crippen molar-refractivity contribution in [2.75, 3.05) is 32.8 Å². The van der Waals surface area contributed by atoms with Crippen LogP contribution >= 0.6 is 0 Å². The Morgan fingerprint density at radius 3 is 2.71 bits per heavy atom. The number of ether oxygens (including phenoxy) is 1. The van der Waals surface area contributed by atoms with Crippen molar-refractivity contribution < 1.29 is 9.53 Å². The predicted octanol–water partition coefficient (Wildman–Crippen LogP) is 4.36. The molecule has 1 amide bonds. The maximum atomic E-state index is 12.2. The normalized spacial score (nSPS) is 22.6. The zero-order valence-electron chi connectivity index (χ0n) is 19.0. The van der Waals surface area contributed by atoms with Crippen LogP contribution in [0.4, 0.5) is 4.79 Å². The highest BCUT2D eigenvalue weighted by atomic mass is 16.6. The average Bonchev–Trinajstić information content (AvgIpc) is 3.36. The van der Waals surface area contributed by atoms with Crippen molar-refractivity contribution in [3.63, 3.8) is 0 Å². The first-order chi connectivity index (χ1) is 14.9. The van der Waals surface area contributed by atoms with Gasteiger partial charge in [0.2, 0.25) is 0 Å². The minimum absolute atomic E-state index is 0.132. The van der Waals surface area contributed by atoms with Crippen LogP contribution in [0, 0.1) is 18.3 Å². The second-order valence-electron chi connectivity index (χ2n) is 10.3. The number of hydrogen-bond donors (Lipinski definition) is 0. The number of benzene rings is 1. The van der Waals surface area contributed by atoms with E-state index in [2.05, 4.69) is 55.2 Å². The third-order valence-corrected chi connectivity index (χ3v) is 7.29. The largest absolute Gasteiger partial charge is 0.449 e. The standard InChI is InChI=1S/C25H34N4O2/c1-18(2)15-31-24(30)27-10-8-25(9-11-27)16-28(17-25)23-7-4-20-12-21(5-6-22(20)23)29-14-19(3)13-26-29/h5-6,12-14,18,23H,4,7-11,15-17H2,1-3H3/t23-/m1/s1. The fourth-order valence-electron chi connectivity index (χ4n) is 5.50. The van der Waals surface area contributed by atoms with E-state index >= 15 is 0 Å². The number of piperidine rings is 1. The molecule has 6 heteroatoms. The van der Waals surface area contributed by atoms with Crippen molar-refractivity contribution in [3.8, 4) is 5.69 Å². The molecule has 5 rings (SSSR count). The summed E-state index contributed by atoms with van der Waals surface area (Å²) in [5, 5.41) is 4.46. The highest BCUT2D eigenvalue weighted by molar-refractivity contribution is 5.67. The second kappa shape index (κ2) is 7.97. The first-order valence-corrected chi connectivity index (χ1v) is 11.7. The van der Waals surface area contributed by atoms with Gasteiger partial charge in [0, 0.05) is 38.4 Å². The molecule has 1 atom stereocenters. The van der Waals surface area contributed by atoms with E-state index in [1.807, 2.05) is 15.8 Å². The minimum Gasteiger partial charge on any atom is -0.449 e. The summed E-state index contributed by atoms with van der Waals surface area (Å²) in [5.41, 5.74) is 5.70. The summed E-state index contributed by atoms with van der Waals surface area (Å²) in [6.07, 6.45) is 8.40. The van der Waals surface area contributed by atoms with E-state index in [1.54, 1.807) is 0 Å². The van der Waals surface area contributed by atoms with Crippen molar-refractivity contribution in [1.29, 1.82) is 0 Å². The monoisotopic (exact) mass is 422 g/mol. The Kier molecular flexibility index (Phi) is 5.29. The quantitative estimate of drug-likeness (QED) is 0.735. The Morgan fingerprint density at radius 1 is 1.26 bits per heavy atom. The summed E-state index contributed by atoms with van der Waals surface area (Å²) >= 11 is 0. The van der Waals surface area contributed by atoms with Crippen LogP contribution in [0.1, 0.15) is 55.8 Å². The molecular weight excluding hydrogens is 388 g/mol. The minimum atomic E-state index is -0.132. The van der Waals surface area contributed by atoms with Gasteiger partial charge in [-0.15, -0.1) is 0 Å². The number of nitrogens with zero attached hydrogens (tertiary/aromatic N) is 4. The molecule has 1 spiro atoms. The average molecular weight is 423 g/mol. The molecule has 0 radical (unpaired) electrons. The molecule has 2 saturated heterocycles.